The number of esters is 1. The van der Waals surface area contributed by atoms with Gasteiger partial charge in [0.1, 0.15) is 0 Å². The number of rotatable bonds is 10. The van der Waals surface area contributed by atoms with Crippen molar-refractivity contribution in [1.82, 2.24) is 0 Å². The standard InChI is InChI=1S/C15H30O2/c1-5-6-10-15(16)17-12-11-14(4)9-7-8-13(2)3/h13-14H,5-12H2,1-4H3. The number of carbonyl (C=O) groups is 1. The highest BCUT2D eigenvalue weighted by Gasteiger charge is 2.06. The van der Waals surface area contributed by atoms with Gasteiger partial charge in [0.25, 0.3) is 0 Å². The monoisotopic (exact) mass is 242 g/mol. The van der Waals surface area contributed by atoms with Crippen LogP contribution in [0.2, 0.25) is 0 Å². The van der Waals surface area contributed by atoms with Gasteiger partial charge in [-0.1, -0.05) is 53.4 Å². The van der Waals surface area contributed by atoms with E-state index >= 15 is 0 Å². The minimum atomic E-state index is -0.0266. The molecule has 1 unspecified atom stereocenters. The Labute approximate surface area is 107 Å². The molecule has 0 saturated carbocycles. The van der Waals surface area contributed by atoms with Gasteiger partial charge >= 0.3 is 5.97 Å². The van der Waals surface area contributed by atoms with Crippen LogP contribution < -0.4 is 0 Å². The fourth-order valence-electron chi connectivity index (χ4n) is 1.79. The summed E-state index contributed by atoms with van der Waals surface area (Å²) in [5, 5.41) is 0. The summed E-state index contributed by atoms with van der Waals surface area (Å²) in [5.41, 5.74) is 0. The molecule has 102 valence electrons. The van der Waals surface area contributed by atoms with Crippen molar-refractivity contribution in [3.63, 3.8) is 0 Å². The van der Waals surface area contributed by atoms with E-state index in [0.29, 0.717) is 18.9 Å². The molecular formula is C15H30O2. The van der Waals surface area contributed by atoms with Crippen molar-refractivity contribution in [1.29, 1.82) is 0 Å². The third-order valence-electron chi connectivity index (χ3n) is 3.09. The average Bonchev–Trinajstić information content (AvgIpc) is 2.25. The van der Waals surface area contributed by atoms with Crippen molar-refractivity contribution >= 4 is 5.97 Å². The van der Waals surface area contributed by atoms with Gasteiger partial charge in [-0.3, -0.25) is 4.79 Å². The van der Waals surface area contributed by atoms with Crippen LogP contribution in [-0.2, 0) is 9.53 Å². The van der Waals surface area contributed by atoms with Crippen molar-refractivity contribution in [3.05, 3.63) is 0 Å². The van der Waals surface area contributed by atoms with Gasteiger partial charge in [0.15, 0.2) is 0 Å². The third kappa shape index (κ3) is 11.7. The summed E-state index contributed by atoms with van der Waals surface area (Å²) in [4.78, 5) is 11.3. The van der Waals surface area contributed by atoms with Crippen LogP contribution in [0.4, 0.5) is 0 Å². The van der Waals surface area contributed by atoms with Crippen LogP contribution in [0.15, 0.2) is 0 Å². The first-order valence-electron chi connectivity index (χ1n) is 7.21. The molecule has 2 nitrogen and oxygen atoms in total. The lowest BCUT2D eigenvalue weighted by Gasteiger charge is -2.12. The Hall–Kier alpha value is -0.530. The largest absolute Gasteiger partial charge is 0.466 e. The van der Waals surface area contributed by atoms with Gasteiger partial charge in [0.05, 0.1) is 6.61 Å². The highest BCUT2D eigenvalue weighted by Crippen LogP contribution is 2.15. The Kier molecular flexibility index (Phi) is 10.3. The van der Waals surface area contributed by atoms with E-state index in [1.54, 1.807) is 0 Å². The summed E-state index contributed by atoms with van der Waals surface area (Å²) < 4.78 is 5.20. The van der Waals surface area contributed by atoms with Gasteiger partial charge in [-0.05, 0) is 24.7 Å². The Bertz CT molecular complexity index is 187. The molecule has 0 radical (unpaired) electrons. The van der Waals surface area contributed by atoms with Crippen LogP contribution in [0.5, 0.6) is 0 Å². The van der Waals surface area contributed by atoms with Gasteiger partial charge in [-0.2, -0.15) is 0 Å². The number of unbranched alkanes of at least 4 members (excludes halogenated alkanes) is 1. The van der Waals surface area contributed by atoms with Crippen molar-refractivity contribution < 1.29 is 9.53 Å². The molecule has 0 saturated heterocycles. The summed E-state index contributed by atoms with van der Waals surface area (Å²) in [7, 11) is 0. The van der Waals surface area contributed by atoms with Gasteiger partial charge in [0.2, 0.25) is 0 Å². The predicted octanol–water partition coefficient (Wildman–Crippen LogP) is 4.57. The van der Waals surface area contributed by atoms with Crippen LogP contribution >= 0.6 is 0 Å². The highest BCUT2D eigenvalue weighted by atomic mass is 16.5. The van der Waals surface area contributed by atoms with E-state index in [2.05, 4.69) is 27.7 Å². The molecule has 17 heavy (non-hydrogen) atoms. The Balaban J connectivity index is 3.37. The zero-order valence-corrected chi connectivity index (χ0v) is 12.1. The second kappa shape index (κ2) is 10.6. The van der Waals surface area contributed by atoms with E-state index in [4.69, 9.17) is 4.74 Å². The first kappa shape index (κ1) is 16.5. The number of hydrogen-bond acceptors (Lipinski definition) is 2. The second-order valence-electron chi connectivity index (χ2n) is 5.54. The maximum atomic E-state index is 11.3. The second-order valence-corrected chi connectivity index (χ2v) is 5.54. The normalized spacial score (nSPS) is 12.8. The van der Waals surface area contributed by atoms with Crippen LogP contribution in [0, 0.1) is 11.8 Å². The van der Waals surface area contributed by atoms with Gasteiger partial charge in [-0.15, -0.1) is 0 Å². The molecule has 0 aromatic rings. The predicted molar refractivity (Wildman–Crippen MR) is 73.0 cm³/mol. The minimum Gasteiger partial charge on any atom is -0.466 e. The summed E-state index contributed by atoms with van der Waals surface area (Å²) in [6, 6.07) is 0. The lowest BCUT2D eigenvalue weighted by Crippen LogP contribution is -2.08. The Morgan fingerprint density at radius 1 is 1.06 bits per heavy atom. The molecule has 0 aliphatic carbocycles. The molecule has 0 aromatic carbocycles. The van der Waals surface area contributed by atoms with Crippen molar-refractivity contribution in [3.8, 4) is 0 Å². The smallest absolute Gasteiger partial charge is 0.305 e. The fraction of sp³-hybridized carbons (Fsp3) is 0.933. The molecule has 0 rings (SSSR count). The fourth-order valence-corrected chi connectivity index (χ4v) is 1.79. The quantitative estimate of drug-likeness (QED) is 0.524. The van der Waals surface area contributed by atoms with E-state index in [0.717, 1.165) is 25.2 Å². The molecular weight excluding hydrogens is 212 g/mol. The highest BCUT2D eigenvalue weighted by molar-refractivity contribution is 5.69. The molecule has 0 bridgehead atoms. The SMILES string of the molecule is CCCCC(=O)OCCC(C)CCCC(C)C. The van der Waals surface area contributed by atoms with E-state index in [1.165, 1.54) is 19.3 Å². The Morgan fingerprint density at radius 3 is 2.35 bits per heavy atom. The number of hydrogen-bond donors (Lipinski definition) is 0. The first-order chi connectivity index (χ1) is 8.06. The molecule has 2 heteroatoms. The lowest BCUT2D eigenvalue weighted by atomic mass is 9.98. The average molecular weight is 242 g/mol. The third-order valence-corrected chi connectivity index (χ3v) is 3.09. The van der Waals surface area contributed by atoms with E-state index in [9.17, 15) is 4.79 Å². The molecule has 0 spiro atoms. The topological polar surface area (TPSA) is 26.3 Å². The van der Waals surface area contributed by atoms with Gasteiger partial charge in [0, 0.05) is 6.42 Å². The Morgan fingerprint density at radius 2 is 1.76 bits per heavy atom. The molecule has 0 aliphatic heterocycles. The zero-order valence-electron chi connectivity index (χ0n) is 12.1. The summed E-state index contributed by atoms with van der Waals surface area (Å²) in [6.07, 6.45) is 7.45. The molecule has 0 aliphatic rings. The summed E-state index contributed by atoms with van der Waals surface area (Å²) in [5.74, 6) is 1.45. The zero-order chi connectivity index (χ0) is 13.1. The molecule has 0 heterocycles. The molecule has 1 atom stereocenters. The lowest BCUT2D eigenvalue weighted by molar-refractivity contribution is -0.144. The van der Waals surface area contributed by atoms with Crippen LogP contribution in [0.1, 0.15) is 72.6 Å². The van der Waals surface area contributed by atoms with E-state index in [1.807, 2.05) is 0 Å². The number of ether oxygens (including phenoxy) is 1. The van der Waals surface area contributed by atoms with Crippen molar-refractivity contribution in [2.45, 2.75) is 72.6 Å². The van der Waals surface area contributed by atoms with Gasteiger partial charge < -0.3 is 4.74 Å². The maximum Gasteiger partial charge on any atom is 0.305 e. The molecule has 0 aromatic heterocycles. The van der Waals surface area contributed by atoms with Crippen LogP contribution in [0.3, 0.4) is 0 Å². The summed E-state index contributed by atoms with van der Waals surface area (Å²) in [6.45, 7) is 9.47. The summed E-state index contributed by atoms with van der Waals surface area (Å²) >= 11 is 0. The molecule has 0 N–H and O–H groups in total. The van der Waals surface area contributed by atoms with Crippen molar-refractivity contribution in [2.75, 3.05) is 6.61 Å². The van der Waals surface area contributed by atoms with Crippen LogP contribution in [-0.4, -0.2) is 12.6 Å². The minimum absolute atomic E-state index is 0.0266. The molecule has 0 amide bonds. The number of carbonyl (C=O) groups excluding carboxylic acids is 1. The maximum absolute atomic E-state index is 11.3. The van der Waals surface area contributed by atoms with Gasteiger partial charge in [-0.25, -0.2) is 0 Å². The van der Waals surface area contributed by atoms with E-state index < -0.39 is 0 Å². The van der Waals surface area contributed by atoms with E-state index in [-0.39, 0.29) is 5.97 Å². The molecule has 0 fully saturated rings. The van der Waals surface area contributed by atoms with Crippen molar-refractivity contribution in [2.24, 2.45) is 11.8 Å². The van der Waals surface area contributed by atoms with Crippen LogP contribution in [0.25, 0.3) is 0 Å². The first-order valence-corrected chi connectivity index (χ1v) is 7.21.